The van der Waals surface area contributed by atoms with Gasteiger partial charge in [0.2, 0.25) is 0 Å². The Kier molecular flexibility index (Phi) is 5.62. The van der Waals surface area contributed by atoms with Gasteiger partial charge in [-0.3, -0.25) is 4.79 Å². The summed E-state index contributed by atoms with van der Waals surface area (Å²) in [6.07, 6.45) is 4.02. The summed E-state index contributed by atoms with van der Waals surface area (Å²) in [5.74, 6) is 2.15. The lowest BCUT2D eigenvalue weighted by atomic mass is 9.87. The summed E-state index contributed by atoms with van der Waals surface area (Å²) < 4.78 is 10.5. The van der Waals surface area contributed by atoms with Crippen LogP contribution in [0.5, 0.6) is 11.5 Å². The van der Waals surface area contributed by atoms with Crippen molar-refractivity contribution in [2.75, 3.05) is 20.8 Å². The Bertz CT molecular complexity index is 487. The van der Waals surface area contributed by atoms with E-state index in [9.17, 15) is 4.79 Å². The summed E-state index contributed by atoms with van der Waals surface area (Å²) in [5, 5.41) is 3.46. The molecule has 0 saturated carbocycles. The zero-order valence-electron chi connectivity index (χ0n) is 13.1. The van der Waals surface area contributed by atoms with Gasteiger partial charge in [0.05, 0.1) is 19.8 Å². The van der Waals surface area contributed by atoms with E-state index >= 15 is 0 Å². The van der Waals surface area contributed by atoms with Crippen LogP contribution in [0, 0.1) is 5.92 Å². The van der Waals surface area contributed by atoms with Gasteiger partial charge in [0.15, 0.2) is 5.78 Å². The molecule has 21 heavy (non-hydrogen) atoms. The molecule has 2 rings (SSSR count). The number of ether oxygens (including phenoxy) is 2. The van der Waals surface area contributed by atoms with Crippen molar-refractivity contribution < 1.29 is 14.3 Å². The Balaban J connectivity index is 2.06. The first-order valence-corrected chi connectivity index (χ1v) is 7.66. The molecule has 2 atom stereocenters. The fourth-order valence-corrected chi connectivity index (χ4v) is 2.98. The van der Waals surface area contributed by atoms with E-state index < -0.39 is 0 Å². The summed E-state index contributed by atoms with van der Waals surface area (Å²) >= 11 is 0. The molecule has 0 aliphatic carbocycles. The maximum absolute atomic E-state index is 12.5. The molecule has 1 aliphatic heterocycles. The van der Waals surface area contributed by atoms with Gasteiger partial charge in [-0.15, -0.1) is 0 Å². The lowest BCUT2D eigenvalue weighted by molar-refractivity contribution is 0.0954. The third-order valence-electron chi connectivity index (χ3n) is 4.32. The van der Waals surface area contributed by atoms with Gasteiger partial charge in [-0.05, 0) is 37.4 Å². The number of carbonyl (C=O) groups excluding carboxylic acids is 1. The number of rotatable bonds is 6. The van der Waals surface area contributed by atoms with Gasteiger partial charge in [0.1, 0.15) is 11.5 Å². The van der Waals surface area contributed by atoms with Crippen LogP contribution in [-0.2, 0) is 0 Å². The number of piperidine rings is 1. The number of nitrogens with one attached hydrogen (secondary N) is 1. The van der Waals surface area contributed by atoms with Gasteiger partial charge in [-0.25, -0.2) is 0 Å². The highest BCUT2D eigenvalue weighted by Crippen LogP contribution is 2.27. The predicted octanol–water partition coefficient (Wildman–Crippen LogP) is 3.05. The topological polar surface area (TPSA) is 47.6 Å². The van der Waals surface area contributed by atoms with Gasteiger partial charge in [-0.2, -0.15) is 0 Å². The van der Waals surface area contributed by atoms with Crippen LogP contribution in [0.15, 0.2) is 18.2 Å². The van der Waals surface area contributed by atoms with Gasteiger partial charge in [-0.1, -0.05) is 13.3 Å². The van der Waals surface area contributed by atoms with Crippen molar-refractivity contribution >= 4 is 5.78 Å². The molecule has 1 fully saturated rings. The molecular formula is C17H25NO3. The van der Waals surface area contributed by atoms with Crippen LogP contribution < -0.4 is 14.8 Å². The monoisotopic (exact) mass is 291 g/mol. The minimum absolute atomic E-state index is 0.128. The van der Waals surface area contributed by atoms with Gasteiger partial charge >= 0.3 is 0 Å². The average Bonchev–Trinajstić information content (AvgIpc) is 2.54. The van der Waals surface area contributed by atoms with Crippen LogP contribution >= 0.6 is 0 Å². The van der Waals surface area contributed by atoms with Gasteiger partial charge in [0.25, 0.3) is 0 Å². The first-order chi connectivity index (χ1) is 10.2. The van der Waals surface area contributed by atoms with Crippen molar-refractivity contribution in [3.05, 3.63) is 23.8 Å². The fourth-order valence-electron chi connectivity index (χ4n) is 2.98. The van der Waals surface area contributed by atoms with E-state index in [0.29, 0.717) is 23.5 Å². The quantitative estimate of drug-likeness (QED) is 0.818. The maximum Gasteiger partial charge on any atom is 0.168 e. The number of hydrogen-bond donors (Lipinski definition) is 1. The van der Waals surface area contributed by atoms with Crippen molar-refractivity contribution in [3.63, 3.8) is 0 Å². The second-order valence-electron chi connectivity index (χ2n) is 5.64. The maximum atomic E-state index is 12.5. The van der Waals surface area contributed by atoms with Crippen LogP contribution in [0.4, 0.5) is 0 Å². The zero-order valence-corrected chi connectivity index (χ0v) is 13.1. The molecule has 2 unspecified atom stereocenters. The molecule has 1 N–H and O–H groups in total. The Morgan fingerprint density at radius 3 is 2.81 bits per heavy atom. The molecule has 4 nitrogen and oxygen atoms in total. The molecule has 1 saturated heterocycles. The van der Waals surface area contributed by atoms with Crippen molar-refractivity contribution in [2.24, 2.45) is 5.92 Å². The smallest absolute Gasteiger partial charge is 0.168 e. The second-order valence-corrected chi connectivity index (χ2v) is 5.64. The van der Waals surface area contributed by atoms with Gasteiger partial charge < -0.3 is 14.8 Å². The molecule has 0 amide bonds. The molecule has 1 heterocycles. The number of benzene rings is 1. The minimum Gasteiger partial charge on any atom is -0.497 e. The van der Waals surface area contributed by atoms with Crippen LogP contribution in [-0.4, -0.2) is 32.6 Å². The highest BCUT2D eigenvalue weighted by Gasteiger charge is 2.24. The SMILES string of the molecule is CCC1CCNC(CC(=O)c2ccc(OC)cc2OC)C1. The van der Waals surface area contributed by atoms with Gasteiger partial charge in [0, 0.05) is 18.5 Å². The standard InChI is InChI=1S/C17H25NO3/c1-4-12-7-8-18-13(9-12)10-16(19)15-6-5-14(20-2)11-17(15)21-3/h5-6,11-13,18H,4,7-10H2,1-3H3. The normalized spacial score (nSPS) is 21.9. The molecule has 1 aromatic rings. The summed E-state index contributed by atoms with van der Waals surface area (Å²) in [7, 11) is 3.19. The van der Waals surface area contributed by atoms with Crippen molar-refractivity contribution in [2.45, 2.75) is 38.6 Å². The average molecular weight is 291 g/mol. The van der Waals surface area contributed by atoms with Crippen LogP contribution in [0.3, 0.4) is 0 Å². The number of ketones is 1. The lowest BCUT2D eigenvalue weighted by Gasteiger charge is -2.29. The molecule has 0 radical (unpaired) electrons. The van der Waals surface area contributed by atoms with E-state index in [4.69, 9.17) is 9.47 Å². The third-order valence-corrected chi connectivity index (χ3v) is 4.32. The van der Waals surface area contributed by atoms with Crippen LogP contribution in [0.1, 0.15) is 43.0 Å². The molecular weight excluding hydrogens is 266 g/mol. The first-order valence-electron chi connectivity index (χ1n) is 7.66. The molecule has 0 spiro atoms. The lowest BCUT2D eigenvalue weighted by Crippen LogP contribution is -2.39. The Labute approximate surface area is 126 Å². The highest BCUT2D eigenvalue weighted by molar-refractivity contribution is 5.99. The largest absolute Gasteiger partial charge is 0.497 e. The van der Waals surface area contributed by atoms with Crippen LogP contribution in [0.2, 0.25) is 0 Å². The number of methoxy groups -OCH3 is 2. The summed E-state index contributed by atoms with van der Waals surface area (Å²) in [6, 6.07) is 5.64. The Morgan fingerprint density at radius 2 is 2.14 bits per heavy atom. The van der Waals surface area contributed by atoms with Crippen LogP contribution in [0.25, 0.3) is 0 Å². The first kappa shape index (κ1) is 15.8. The van der Waals surface area contributed by atoms with Crippen molar-refractivity contribution in [3.8, 4) is 11.5 Å². The third kappa shape index (κ3) is 3.97. The van der Waals surface area contributed by atoms with Crippen molar-refractivity contribution in [1.29, 1.82) is 0 Å². The van der Waals surface area contributed by atoms with Crippen molar-refractivity contribution in [1.82, 2.24) is 5.32 Å². The molecule has 116 valence electrons. The van der Waals surface area contributed by atoms with E-state index in [1.165, 1.54) is 12.8 Å². The molecule has 1 aromatic carbocycles. The van der Waals surface area contributed by atoms with E-state index in [-0.39, 0.29) is 11.8 Å². The number of Topliss-reactive ketones (excluding diaryl/α,β-unsaturated/α-hetero) is 1. The second kappa shape index (κ2) is 7.46. The molecule has 0 bridgehead atoms. The summed E-state index contributed by atoms with van der Waals surface area (Å²) in [5.41, 5.74) is 0.638. The number of carbonyl (C=O) groups is 1. The summed E-state index contributed by atoms with van der Waals surface area (Å²) in [6.45, 7) is 3.23. The van der Waals surface area contributed by atoms with E-state index in [1.807, 2.05) is 0 Å². The Hall–Kier alpha value is -1.55. The zero-order chi connectivity index (χ0) is 15.2. The molecule has 0 aromatic heterocycles. The Morgan fingerprint density at radius 1 is 1.33 bits per heavy atom. The van der Waals surface area contributed by atoms with E-state index in [0.717, 1.165) is 18.9 Å². The van der Waals surface area contributed by atoms with E-state index in [1.54, 1.807) is 32.4 Å². The molecule has 1 aliphatic rings. The predicted molar refractivity (Wildman–Crippen MR) is 83.3 cm³/mol. The fraction of sp³-hybridized carbons (Fsp3) is 0.588. The highest BCUT2D eigenvalue weighted by atomic mass is 16.5. The number of hydrogen-bond acceptors (Lipinski definition) is 4. The minimum atomic E-state index is 0.128. The van der Waals surface area contributed by atoms with E-state index in [2.05, 4.69) is 12.2 Å². The summed E-state index contributed by atoms with van der Waals surface area (Å²) in [4.78, 5) is 12.5. The molecule has 4 heteroatoms.